The Morgan fingerprint density at radius 2 is 1.75 bits per heavy atom. The number of methoxy groups -OCH3 is 2. The molecule has 2 N–H and O–H groups in total. The van der Waals surface area contributed by atoms with Crippen molar-refractivity contribution in [1.82, 2.24) is 0 Å². The number of anilines is 1. The van der Waals surface area contributed by atoms with Gasteiger partial charge in [-0.2, -0.15) is 0 Å². The van der Waals surface area contributed by atoms with Crippen LogP contribution in [0.25, 0.3) is 0 Å². The van der Waals surface area contributed by atoms with E-state index in [1.165, 1.54) is 0 Å². The molecule has 5 heteroatoms. The van der Waals surface area contributed by atoms with E-state index < -0.39 is 0 Å². The maximum Gasteiger partial charge on any atom is 0.127 e. The molecule has 4 rings (SSSR count). The van der Waals surface area contributed by atoms with E-state index in [0.717, 1.165) is 39.7 Å². The van der Waals surface area contributed by atoms with Crippen molar-refractivity contribution in [2.45, 2.75) is 12.5 Å². The van der Waals surface area contributed by atoms with Crippen molar-refractivity contribution in [3.63, 3.8) is 0 Å². The number of aliphatic imine (C=N–C) groups is 1. The Balaban J connectivity index is 1.83. The average molecular weight is 374 g/mol. The van der Waals surface area contributed by atoms with Gasteiger partial charge < -0.3 is 19.9 Å². The number of nitrogens with zero attached hydrogens (tertiary/aromatic N) is 1. The van der Waals surface area contributed by atoms with Crippen LogP contribution in [0.1, 0.15) is 23.6 Å². The lowest BCUT2D eigenvalue weighted by Crippen LogP contribution is -2.15. The molecule has 1 unspecified atom stereocenters. The highest BCUT2D eigenvalue weighted by molar-refractivity contribution is 6.06. The molecule has 5 nitrogen and oxygen atoms in total. The number of fused-ring (bicyclic) bond motifs is 1. The van der Waals surface area contributed by atoms with Gasteiger partial charge in [-0.15, -0.1) is 0 Å². The van der Waals surface area contributed by atoms with E-state index in [0.29, 0.717) is 6.42 Å². The van der Waals surface area contributed by atoms with Gasteiger partial charge in [0.25, 0.3) is 0 Å². The first-order chi connectivity index (χ1) is 13.7. The average Bonchev–Trinajstić information content (AvgIpc) is 2.93. The predicted molar refractivity (Wildman–Crippen MR) is 111 cm³/mol. The summed E-state index contributed by atoms with van der Waals surface area (Å²) in [6, 6.07) is 20.9. The van der Waals surface area contributed by atoms with E-state index >= 15 is 0 Å². The number of benzene rings is 3. The first kappa shape index (κ1) is 17.9. The van der Waals surface area contributed by atoms with Gasteiger partial charge in [0.15, 0.2) is 0 Å². The number of rotatable bonds is 4. The largest absolute Gasteiger partial charge is 0.507 e. The fourth-order valence-corrected chi connectivity index (χ4v) is 3.50. The molecule has 0 fully saturated rings. The Kier molecular flexibility index (Phi) is 4.89. The first-order valence-electron chi connectivity index (χ1n) is 9.13. The Hall–Kier alpha value is -3.47. The van der Waals surface area contributed by atoms with E-state index in [2.05, 4.69) is 5.32 Å². The molecule has 1 aliphatic rings. The highest BCUT2D eigenvalue weighted by atomic mass is 16.5. The third-order valence-electron chi connectivity index (χ3n) is 4.92. The van der Waals surface area contributed by atoms with Crippen LogP contribution in [0.4, 0.5) is 11.4 Å². The lowest BCUT2D eigenvalue weighted by molar-refractivity contribution is 0.389. The molecule has 1 aliphatic heterocycles. The van der Waals surface area contributed by atoms with Crippen LogP contribution in [0.3, 0.4) is 0 Å². The fraction of sp³-hybridized carbons (Fsp3) is 0.174. The molecule has 0 saturated carbocycles. The summed E-state index contributed by atoms with van der Waals surface area (Å²) in [5, 5.41) is 14.0. The lowest BCUT2D eigenvalue weighted by atomic mass is 9.96. The maximum absolute atomic E-state index is 10.4. The number of para-hydroxylation sites is 3. The molecule has 0 amide bonds. The number of phenols is 1. The van der Waals surface area contributed by atoms with Crippen LogP contribution in [0.15, 0.2) is 71.7 Å². The van der Waals surface area contributed by atoms with E-state index in [4.69, 9.17) is 14.5 Å². The topological polar surface area (TPSA) is 63.1 Å². The standard InChI is InChI=1S/C23H22N2O3/c1-27-15-11-12-17(23(13-15)28-2)21-14-20(16-7-3-6-10-22(16)26)24-18-8-4-5-9-19(18)25-21/h3-13,21,25-26H,14H2,1-2H3. The number of aromatic hydroxyl groups is 1. The zero-order chi connectivity index (χ0) is 19.5. The minimum absolute atomic E-state index is 0.0807. The molecule has 0 radical (unpaired) electrons. The van der Waals surface area contributed by atoms with E-state index in [1.807, 2.05) is 60.7 Å². The van der Waals surface area contributed by atoms with Gasteiger partial charge in [-0.1, -0.05) is 24.3 Å². The maximum atomic E-state index is 10.4. The van der Waals surface area contributed by atoms with Gasteiger partial charge in [0.2, 0.25) is 0 Å². The van der Waals surface area contributed by atoms with E-state index in [9.17, 15) is 5.11 Å². The number of hydrogen-bond donors (Lipinski definition) is 2. The molecule has 28 heavy (non-hydrogen) atoms. The van der Waals surface area contributed by atoms with Gasteiger partial charge >= 0.3 is 0 Å². The molecular formula is C23H22N2O3. The zero-order valence-corrected chi connectivity index (χ0v) is 15.8. The number of ether oxygens (including phenoxy) is 2. The van der Waals surface area contributed by atoms with Crippen molar-refractivity contribution in [3.8, 4) is 17.2 Å². The predicted octanol–water partition coefficient (Wildman–Crippen LogP) is 5.09. The summed E-state index contributed by atoms with van der Waals surface area (Å²) >= 11 is 0. The molecule has 1 atom stereocenters. The number of hydrogen-bond acceptors (Lipinski definition) is 5. The molecule has 1 heterocycles. The summed E-state index contributed by atoms with van der Waals surface area (Å²) in [6.07, 6.45) is 0.592. The van der Waals surface area contributed by atoms with Crippen LogP contribution in [0, 0.1) is 0 Å². The van der Waals surface area contributed by atoms with E-state index in [-0.39, 0.29) is 11.8 Å². The Bertz CT molecular complexity index is 1030. The van der Waals surface area contributed by atoms with Crippen molar-refractivity contribution in [1.29, 1.82) is 0 Å². The van der Waals surface area contributed by atoms with Gasteiger partial charge in [0.1, 0.15) is 17.2 Å². The van der Waals surface area contributed by atoms with Crippen LogP contribution in [0.2, 0.25) is 0 Å². The molecule has 0 saturated heterocycles. The minimum atomic E-state index is -0.0807. The minimum Gasteiger partial charge on any atom is -0.507 e. The van der Waals surface area contributed by atoms with Crippen molar-refractivity contribution in [2.24, 2.45) is 4.99 Å². The summed E-state index contributed by atoms with van der Waals surface area (Å²) < 4.78 is 11.0. The second-order valence-corrected chi connectivity index (χ2v) is 6.60. The smallest absolute Gasteiger partial charge is 0.127 e. The van der Waals surface area contributed by atoms with Crippen LogP contribution in [-0.2, 0) is 0 Å². The van der Waals surface area contributed by atoms with Gasteiger partial charge in [0.05, 0.1) is 37.3 Å². The van der Waals surface area contributed by atoms with Crippen molar-refractivity contribution in [3.05, 3.63) is 77.9 Å². The highest BCUT2D eigenvalue weighted by Gasteiger charge is 2.24. The van der Waals surface area contributed by atoms with Crippen LogP contribution in [0.5, 0.6) is 17.2 Å². The molecule has 0 aromatic heterocycles. The SMILES string of the molecule is COc1ccc(C2CC(c3ccccc3O)=Nc3ccccc3N2)c(OC)c1. The second-order valence-electron chi connectivity index (χ2n) is 6.60. The molecule has 0 aliphatic carbocycles. The van der Waals surface area contributed by atoms with Crippen LogP contribution < -0.4 is 14.8 Å². The second kappa shape index (κ2) is 7.64. The quantitative estimate of drug-likeness (QED) is 0.668. The molecule has 3 aromatic carbocycles. The summed E-state index contributed by atoms with van der Waals surface area (Å²) in [4.78, 5) is 4.86. The van der Waals surface area contributed by atoms with Crippen LogP contribution >= 0.6 is 0 Å². The third-order valence-corrected chi connectivity index (χ3v) is 4.92. The molecule has 142 valence electrons. The lowest BCUT2D eigenvalue weighted by Gasteiger charge is -2.22. The summed E-state index contributed by atoms with van der Waals surface area (Å²) in [5.41, 5.74) is 4.34. The molecular weight excluding hydrogens is 352 g/mol. The Morgan fingerprint density at radius 3 is 2.54 bits per heavy atom. The summed E-state index contributed by atoms with van der Waals surface area (Å²) in [5.74, 6) is 1.71. The van der Waals surface area contributed by atoms with Crippen LogP contribution in [-0.4, -0.2) is 25.0 Å². The van der Waals surface area contributed by atoms with Crippen molar-refractivity contribution in [2.75, 3.05) is 19.5 Å². The molecule has 0 bridgehead atoms. The first-order valence-corrected chi connectivity index (χ1v) is 9.13. The van der Waals surface area contributed by atoms with Gasteiger partial charge in [-0.05, 0) is 36.4 Å². The van der Waals surface area contributed by atoms with Gasteiger partial charge in [-0.25, -0.2) is 0 Å². The monoisotopic (exact) mass is 374 g/mol. The Morgan fingerprint density at radius 1 is 0.964 bits per heavy atom. The normalized spacial score (nSPS) is 15.6. The van der Waals surface area contributed by atoms with E-state index in [1.54, 1.807) is 20.3 Å². The van der Waals surface area contributed by atoms with Crippen molar-refractivity contribution < 1.29 is 14.6 Å². The summed E-state index contributed by atoms with van der Waals surface area (Å²) in [7, 11) is 3.29. The molecule has 3 aromatic rings. The number of nitrogens with one attached hydrogen (secondary N) is 1. The molecule has 0 spiro atoms. The number of phenolic OH excluding ortho intramolecular Hbond substituents is 1. The zero-order valence-electron chi connectivity index (χ0n) is 15.8. The van der Waals surface area contributed by atoms with Crippen molar-refractivity contribution >= 4 is 17.1 Å². The van der Waals surface area contributed by atoms with Gasteiger partial charge in [0, 0.05) is 23.6 Å². The third kappa shape index (κ3) is 3.39. The Labute approximate surface area is 164 Å². The summed E-state index contributed by atoms with van der Waals surface area (Å²) in [6.45, 7) is 0. The fourth-order valence-electron chi connectivity index (χ4n) is 3.50. The van der Waals surface area contributed by atoms with Gasteiger partial charge in [-0.3, -0.25) is 4.99 Å². The highest BCUT2D eigenvalue weighted by Crippen LogP contribution is 2.39.